The summed E-state index contributed by atoms with van der Waals surface area (Å²) in [5.41, 5.74) is 2.11. The Morgan fingerprint density at radius 1 is 0.697 bits per heavy atom. The van der Waals surface area contributed by atoms with Crippen LogP contribution in [0.2, 0.25) is 0 Å². The maximum atomic E-state index is 12.9. The zero-order valence-electron chi connectivity index (χ0n) is 17.9. The summed E-state index contributed by atoms with van der Waals surface area (Å²) < 4.78 is 5.11. The second kappa shape index (κ2) is 10.4. The number of hydrogen-bond donors (Lipinski definition) is 1. The first kappa shape index (κ1) is 22.0. The van der Waals surface area contributed by atoms with Gasteiger partial charge in [-0.2, -0.15) is 0 Å². The van der Waals surface area contributed by atoms with E-state index in [0.29, 0.717) is 5.56 Å². The first-order valence-corrected chi connectivity index (χ1v) is 10.7. The predicted octanol–water partition coefficient (Wildman–Crippen LogP) is 4.51. The monoisotopic (exact) mass is 437 g/mol. The molecular formula is C28H23NO4. The van der Waals surface area contributed by atoms with Gasteiger partial charge in [0.15, 0.2) is 12.4 Å². The Morgan fingerprint density at radius 2 is 1.27 bits per heavy atom. The van der Waals surface area contributed by atoms with Gasteiger partial charge in [-0.05, 0) is 28.0 Å². The molecule has 0 bridgehead atoms. The Labute approximate surface area is 192 Å². The third-order valence-electron chi connectivity index (χ3n) is 5.37. The number of carbonyl (C=O) groups is 3. The van der Waals surface area contributed by atoms with Crippen LogP contribution in [0.15, 0.2) is 103 Å². The van der Waals surface area contributed by atoms with Gasteiger partial charge in [-0.3, -0.25) is 14.4 Å². The minimum absolute atomic E-state index is 0.299. The lowest BCUT2D eigenvalue weighted by Gasteiger charge is -2.17. The Balaban J connectivity index is 1.35. The Morgan fingerprint density at radius 3 is 1.91 bits per heavy atom. The largest absolute Gasteiger partial charge is 0.456 e. The highest BCUT2D eigenvalue weighted by Gasteiger charge is 2.23. The van der Waals surface area contributed by atoms with Gasteiger partial charge in [0.1, 0.15) is 6.54 Å². The number of hydrogen-bond acceptors (Lipinski definition) is 4. The molecule has 5 nitrogen and oxygen atoms in total. The Kier molecular flexibility index (Phi) is 6.90. The molecule has 0 saturated carbocycles. The highest BCUT2D eigenvalue weighted by Crippen LogP contribution is 2.24. The minimum atomic E-state index is -0.669. The van der Waals surface area contributed by atoms with Crippen LogP contribution in [0.5, 0.6) is 0 Å². The van der Waals surface area contributed by atoms with Gasteiger partial charge in [0.25, 0.3) is 0 Å². The maximum absolute atomic E-state index is 12.9. The molecule has 0 atom stereocenters. The average Bonchev–Trinajstić information content (AvgIpc) is 2.87. The number of ketones is 1. The zero-order valence-corrected chi connectivity index (χ0v) is 17.9. The van der Waals surface area contributed by atoms with Crippen molar-refractivity contribution in [2.75, 3.05) is 13.2 Å². The van der Waals surface area contributed by atoms with E-state index < -0.39 is 11.9 Å². The summed E-state index contributed by atoms with van der Waals surface area (Å²) in [5, 5.41) is 4.61. The number of amides is 1. The molecule has 0 unspecified atom stereocenters. The quantitative estimate of drug-likeness (QED) is 0.325. The molecule has 0 fully saturated rings. The van der Waals surface area contributed by atoms with E-state index in [9.17, 15) is 14.4 Å². The van der Waals surface area contributed by atoms with Crippen LogP contribution in [0.1, 0.15) is 27.4 Å². The number of rotatable bonds is 8. The maximum Gasteiger partial charge on any atom is 0.325 e. The molecule has 4 aromatic rings. The van der Waals surface area contributed by atoms with E-state index in [-0.39, 0.29) is 24.8 Å². The van der Waals surface area contributed by atoms with Gasteiger partial charge in [-0.1, -0.05) is 97.1 Å². The van der Waals surface area contributed by atoms with Gasteiger partial charge in [-0.15, -0.1) is 0 Å². The van der Waals surface area contributed by atoms with Gasteiger partial charge in [-0.25, -0.2) is 0 Å². The summed E-state index contributed by atoms with van der Waals surface area (Å²) in [4.78, 5) is 37.6. The van der Waals surface area contributed by atoms with Crippen LogP contribution < -0.4 is 5.32 Å². The summed E-state index contributed by atoms with van der Waals surface area (Å²) in [7, 11) is 0. The van der Waals surface area contributed by atoms with Crippen molar-refractivity contribution in [1.82, 2.24) is 5.32 Å². The van der Waals surface area contributed by atoms with Crippen molar-refractivity contribution >= 4 is 28.4 Å². The van der Waals surface area contributed by atoms with Crippen molar-refractivity contribution in [3.8, 4) is 0 Å². The molecule has 1 N–H and O–H groups in total. The van der Waals surface area contributed by atoms with Crippen LogP contribution in [0, 0.1) is 0 Å². The highest BCUT2D eigenvalue weighted by atomic mass is 16.5. The molecule has 1 amide bonds. The van der Waals surface area contributed by atoms with E-state index in [1.165, 1.54) is 0 Å². The first-order valence-electron chi connectivity index (χ1n) is 10.7. The number of ether oxygens (including phenoxy) is 1. The van der Waals surface area contributed by atoms with Crippen molar-refractivity contribution < 1.29 is 19.1 Å². The number of carbonyl (C=O) groups excluding carboxylic acids is 3. The van der Waals surface area contributed by atoms with Crippen LogP contribution in [0.3, 0.4) is 0 Å². The standard InChI is InChI=1S/C28H23NO4/c30-25(24-16-15-20-9-7-8-14-23(20)17-24)19-33-26(31)18-29-28(32)27(21-10-3-1-4-11-21)22-12-5-2-6-13-22/h1-17,27H,18-19H2,(H,29,32). The molecule has 4 aromatic carbocycles. The summed E-state index contributed by atoms with van der Waals surface area (Å²) in [5.74, 6) is -1.84. The molecule has 0 spiro atoms. The van der Waals surface area contributed by atoms with Crippen LogP contribution in [-0.2, 0) is 14.3 Å². The third-order valence-corrected chi connectivity index (χ3v) is 5.37. The molecule has 0 saturated heterocycles. The molecule has 0 aliphatic heterocycles. The van der Waals surface area contributed by atoms with E-state index in [0.717, 1.165) is 21.9 Å². The summed E-state index contributed by atoms with van der Waals surface area (Å²) in [6.07, 6.45) is 0. The normalized spacial score (nSPS) is 10.7. The van der Waals surface area contributed by atoms with Crippen molar-refractivity contribution in [3.63, 3.8) is 0 Å². The van der Waals surface area contributed by atoms with Crippen molar-refractivity contribution in [2.45, 2.75) is 5.92 Å². The van der Waals surface area contributed by atoms with E-state index in [1.807, 2.05) is 91.0 Å². The molecule has 4 rings (SSSR count). The fraction of sp³-hybridized carbons (Fsp3) is 0.107. The fourth-order valence-corrected chi connectivity index (χ4v) is 3.69. The van der Waals surface area contributed by atoms with Crippen LogP contribution in [-0.4, -0.2) is 30.8 Å². The lowest BCUT2D eigenvalue weighted by Crippen LogP contribution is -2.35. The summed E-state index contributed by atoms with van der Waals surface area (Å²) in [6, 6.07) is 31.8. The predicted molar refractivity (Wildman–Crippen MR) is 127 cm³/mol. The van der Waals surface area contributed by atoms with Gasteiger partial charge in [0.05, 0.1) is 5.92 Å². The summed E-state index contributed by atoms with van der Waals surface area (Å²) in [6.45, 7) is -0.701. The SMILES string of the molecule is O=C(CNC(=O)C(c1ccccc1)c1ccccc1)OCC(=O)c1ccc2ccccc2c1. The van der Waals surface area contributed by atoms with E-state index >= 15 is 0 Å². The van der Waals surface area contributed by atoms with Gasteiger partial charge >= 0.3 is 5.97 Å². The van der Waals surface area contributed by atoms with Crippen molar-refractivity contribution in [3.05, 3.63) is 120 Å². The number of benzene rings is 4. The third kappa shape index (κ3) is 5.52. The van der Waals surface area contributed by atoms with Crippen LogP contribution in [0.4, 0.5) is 0 Å². The van der Waals surface area contributed by atoms with Crippen molar-refractivity contribution in [2.24, 2.45) is 0 Å². The summed E-state index contributed by atoms with van der Waals surface area (Å²) >= 11 is 0. The average molecular weight is 437 g/mol. The highest BCUT2D eigenvalue weighted by molar-refractivity contribution is 6.01. The number of fused-ring (bicyclic) bond motifs is 1. The number of nitrogens with one attached hydrogen (secondary N) is 1. The fourth-order valence-electron chi connectivity index (χ4n) is 3.69. The molecule has 0 heterocycles. The number of esters is 1. The lowest BCUT2D eigenvalue weighted by molar-refractivity contribution is -0.142. The smallest absolute Gasteiger partial charge is 0.325 e. The Hall–Kier alpha value is -4.25. The zero-order chi connectivity index (χ0) is 23.0. The van der Waals surface area contributed by atoms with Gasteiger partial charge in [0, 0.05) is 5.56 Å². The molecule has 0 aliphatic carbocycles. The molecule has 5 heteroatoms. The van der Waals surface area contributed by atoms with Crippen molar-refractivity contribution in [1.29, 1.82) is 0 Å². The van der Waals surface area contributed by atoms with Crippen LogP contribution >= 0.6 is 0 Å². The molecule has 0 aliphatic rings. The lowest BCUT2D eigenvalue weighted by atomic mass is 9.90. The van der Waals surface area contributed by atoms with E-state index in [1.54, 1.807) is 12.1 Å². The minimum Gasteiger partial charge on any atom is -0.456 e. The van der Waals surface area contributed by atoms with Gasteiger partial charge in [0.2, 0.25) is 5.91 Å². The second-order valence-electron chi connectivity index (χ2n) is 7.62. The topological polar surface area (TPSA) is 72.5 Å². The molecule has 0 aromatic heterocycles. The molecule has 164 valence electrons. The van der Waals surface area contributed by atoms with E-state index in [2.05, 4.69) is 5.32 Å². The number of Topliss-reactive ketones (excluding diaryl/α,β-unsaturated/α-hetero) is 1. The molecular weight excluding hydrogens is 414 g/mol. The molecule has 0 radical (unpaired) electrons. The van der Waals surface area contributed by atoms with Crippen LogP contribution in [0.25, 0.3) is 10.8 Å². The molecule has 33 heavy (non-hydrogen) atoms. The second-order valence-corrected chi connectivity index (χ2v) is 7.62. The van der Waals surface area contributed by atoms with Gasteiger partial charge < -0.3 is 10.1 Å². The first-order chi connectivity index (χ1) is 16.1. The Bertz CT molecular complexity index is 1230. The van der Waals surface area contributed by atoms with E-state index in [4.69, 9.17) is 4.74 Å².